The van der Waals surface area contributed by atoms with E-state index in [0.717, 1.165) is 26.1 Å². The SMILES string of the molecule is O=Cc1cc2c(CO)csc2s1. The van der Waals surface area contributed by atoms with E-state index in [2.05, 4.69) is 0 Å². The fraction of sp³-hybridized carbons (Fsp3) is 0.125. The molecule has 12 heavy (non-hydrogen) atoms. The van der Waals surface area contributed by atoms with Gasteiger partial charge in [-0.2, -0.15) is 0 Å². The normalized spacial score (nSPS) is 10.8. The van der Waals surface area contributed by atoms with E-state index in [1.807, 2.05) is 11.4 Å². The van der Waals surface area contributed by atoms with E-state index in [-0.39, 0.29) is 6.61 Å². The maximum absolute atomic E-state index is 10.4. The lowest BCUT2D eigenvalue weighted by Crippen LogP contribution is -1.76. The molecule has 2 heterocycles. The van der Waals surface area contributed by atoms with Crippen molar-refractivity contribution < 1.29 is 9.90 Å². The number of fused-ring (bicyclic) bond motifs is 1. The molecule has 0 fully saturated rings. The van der Waals surface area contributed by atoms with Gasteiger partial charge in [0.25, 0.3) is 0 Å². The van der Waals surface area contributed by atoms with Crippen LogP contribution in [0.25, 0.3) is 9.40 Å². The molecule has 0 unspecified atom stereocenters. The molecule has 1 N–H and O–H groups in total. The average Bonchev–Trinajstić information content (AvgIpc) is 2.61. The number of thiophene rings is 2. The van der Waals surface area contributed by atoms with Gasteiger partial charge in [-0.25, -0.2) is 0 Å². The Hall–Kier alpha value is -0.710. The molecule has 0 amide bonds. The molecule has 2 aromatic heterocycles. The molecule has 0 spiro atoms. The van der Waals surface area contributed by atoms with Gasteiger partial charge in [0.05, 0.1) is 15.5 Å². The number of hydrogen-bond donors (Lipinski definition) is 1. The van der Waals surface area contributed by atoms with E-state index in [9.17, 15) is 4.79 Å². The molecule has 4 heteroatoms. The van der Waals surface area contributed by atoms with Crippen molar-refractivity contribution in [1.82, 2.24) is 0 Å². The second-order valence-electron chi connectivity index (χ2n) is 2.39. The van der Waals surface area contributed by atoms with Gasteiger partial charge in [0.1, 0.15) is 0 Å². The van der Waals surface area contributed by atoms with Gasteiger partial charge < -0.3 is 5.11 Å². The molecule has 0 radical (unpaired) electrons. The molecule has 2 aromatic rings. The molecule has 0 aromatic carbocycles. The third kappa shape index (κ3) is 1.08. The molecular weight excluding hydrogens is 192 g/mol. The van der Waals surface area contributed by atoms with Crippen molar-refractivity contribution in [3.8, 4) is 0 Å². The molecule has 0 atom stereocenters. The van der Waals surface area contributed by atoms with Crippen LogP contribution in [0.3, 0.4) is 0 Å². The van der Waals surface area contributed by atoms with E-state index < -0.39 is 0 Å². The van der Waals surface area contributed by atoms with Crippen LogP contribution in [0.5, 0.6) is 0 Å². The zero-order chi connectivity index (χ0) is 8.55. The number of aliphatic hydroxyl groups is 1. The summed E-state index contributed by atoms with van der Waals surface area (Å²) in [5, 5.41) is 11.9. The topological polar surface area (TPSA) is 37.3 Å². The first-order valence-electron chi connectivity index (χ1n) is 3.41. The van der Waals surface area contributed by atoms with Gasteiger partial charge >= 0.3 is 0 Å². The Morgan fingerprint density at radius 2 is 2.42 bits per heavy atom. The maximum atomic E-state index is 10.4. The van der Waals surface area contributed by atoms with Gasteiger partial charge in [-0.1, -0.05) is 0 Å². The third-order valence-electron chi connectivity index (χ3n) is 1.66. The van der Waals surface area contributed by atoms with Crippen LogP contribution in [0.2, 0.25) is 0 Å². The highest BCUT2D eigenvalue weighted by atomic mass is 32.2. The minimum atomic E-state index is 0.0506. The monoisotopic (exact) mass is 198 g/mol. The highest BCUT2D eigenvalue weighted by molar-refractivity contribution is 7.38. The number of carbonyl (C=O) groups is 1. The molecule has 0 aliphatic heterocycles. The Labute approximate surface area is 77.1 Å². The second-order valence-corrected chi connectivity index (χ2v) is 4.61. The van der Waals surface area contributed by atoms with E-state index in [0.29, 0.717) is 0 Å². The number of carbonyl (C=O) groups excluding carboxylic acids is 1. The van der Waals surface area contributed by atoms with Crippen LogP contribution in [0.4, 0.5) is 0 Å². The summed E-state index contributed by atoms with van der Waals surface area (Å²) in [5.41, 5.74) is 0.916. The Kier molecular flexibility index (Phi) is 1.96. The number of aldehydes is 1. The number of aliphatic hydroxyl groups excluding tert-OH is 1. The highest BCUT2D eigenvalue weighted by Crippen LogP contribution is 2.33. The third-order valence-corrected chi connectivity index (χ3v) is 3.89. The standard InChI is InChI=1S/C8H6O2S2/c9-2-5-4-11-8-7(5)1-6(3-10)12-8/h1,3-4,9H,2H2. The van der Waals surface area contributed by atoms with Crippen LogP contribution in [0, 0.1) is 0 Å². The fourth-order valence-corrected chi connectivity index (χ4v) is 3.20. The van der Waals surface area contributed by atoms with Crippen LogP contribution in [0.1, 0.15) is 15.2 Å². The summed E-state index contributed by atoms with van der Waals surface area (Å²) in [7, 11) is 0. The first-order chi connectivity index (χ1) is 5.85. The number of rotatable bonds is 2. The quantitative estimate of drug-likeness (QED) is 0.751. The lowest BCUT2D eigenvalue weighted by atomic mass is 10.2. The molecule has 2 nitrogen and oxygen atoms in total. The minimum Gasteiger partial charge on any atom is -0.392 e. The first kappa shape index (κ1) is 7.91. The van der Waals surface area contributed by atoms with Crippen LogP contribution < -0.4 is 0 Å². The van der Waals surface area contributed by atoms with Gasteiger partial charge in [-0.05, 0) is 17.0 Å². The Bertz CT molecular complexity index is 414. The highest BCUT2D eigenvalue weighted by Gasteiger charge is 2.06. The maximum Gasteiger partial charge on any atom is 0.160 e. The first-order valence-corrected chi connectivity index (χ1v) is 5.10. The molecule has 0 bridgehead atoms. The molecule has 0 aliphatic carbocycles. The summed E-state index contributed by atoms with van der Waals surface area (Å²) in [4.78, 5) is 11.2. The zero-order valence-corrected chi connectivity index (χ0v) is 7.74. The Morgan fingerprint density at radius 1 is 1.58 bits per heavy atom. The predicted octanol–water partition coefficient (Wildman–Crippen LogP) is 2.27. The van der Waals surface area contributed by atoms with Gasteiger partial charge in [-0.15, -0.1) is 22.7 Å². The Morgan fingerprint density at radius 3 is 3.08 bits per heavy atom. The summed E-state index contributed by atoms with van der Waals surface area (Å²) < 4.78 is 1.11. The smallest absolute Gasteiger partial charge is 0.160 e. The minimum absolute atomic E-state index is 0.0506. The van der Waals surface area contributed by atoms with Gasteiger partial charge in [0.15, 0.2) is 6.29 Å². The molecule has 2 rings (SSSR count). The van der Waals surface area contributed by atoms with Crippen molar-refractivity contribution in [2.75, 3.05) is 0 Å². The van der Waals surface area contributed by atoms with Gasteiger partial charge in [0.2, 0.25) is 0 Å². The lowest BCUT2D eigenvalue weighted by molar-refractivity contribution is 0.112. The van der Waals surface area contributed by atoms with E-state index in [1.54, 1.807) is 11.3 Å². The van der Waals surface area contributed by atoms with E-state index in [4.69, 9.17) is 5.11 Å². The van der Waals surface area contributed by atoms with Crippen LogP contribution in [-0.4, -0.2) is 11.4 Å². The van der Waals surface area contributed by atoms with Crippen LogP contribution in [-0.2, 0) is 6.61 Å². The number of hydrogen-bond acceptors (Lipinski definition) is 4. The van der Waals surface area contributed by atoms with Crippen molar-refractivity contribution in [2.24, 2.45) is 0 Å². The Balaban J connectivity index is 2.68. The van der Waals surface area contributed by atoms with Crippen molar-refractivity contribution in [3.63, 3.8) is 0 Å². The van der Waals surface area contributed by atoms with Gasteiger partial charge in [0, 0.05) is 5.39 Å². The summed E-state index contributed by atoms with van der Waals surface area (Å²) in [6, 6.07) is 1.83. The van der Waals surface area contributed by atoms with E-state index >= 15 is 0 Å². The zero-order valence-electron chi connectivity index (χ0n) is 6.11. The summed E-state index contributed by atoms with van der Waals surface area (Å²) in [6.45, 7) is 0.0506. The van der Waals surface area contributed by atoms with Crippen molar-refractivity contribution in [2.45, 2.75) is 6.61 Å². The predicted molar refractivity (Wildman–Crippen MR) is 51.0 cm³/mol. The van der Waals surface area contributed by atoms with Crippen molar-refractivity contribution in [1.29, 1.82) is 0 Å². The van der Waals surface area contributed by atoms with Crippen molar-refractivity contribution >= 4 is 38.4 Å². The molecule has 62 valence electrons. The van der Waals surface area contributed by atoms with Crippen LogP contribution >= 0.6 is 22.7 Å². The van der Waals surface area contributed by atoms with Crippen molar-refractivity contribution in [3.05, 3.63) is 21.9 Å². The van der Waals surface area contributed by atoms with Crippen LogP contribution in [0.15, 0.2) is 11.4 Å². The molecular formula is C8H6O2S2. The second kappa shape index (κ2) is 2.97. The summed E-state index contributed by atoms with van der Waals surface area (Å²) in [5.74, 6) is 0. The molecule has 0 saturated heterocycles. The fourth-order valence-electron chi connectivity index (χ4n) is 1.07. The molecule has 0 saturated carbocycles. The summed E-state index contributed by atoms with van der Waals surface area (Å²) in [6.07, 6.45) is 0.846. The largest absolute Gasteiger partial charge is 0.392 e. The lowest BCUT2D eigenvalue weighted by Gasteiger charge is -1.85. The average molecular weight is 198 g/mol. The van der Waals surface area contributed by atoms with Gasteiger partial charge in [-0.3, -0.25) is 4.79 Å². The molecule has 0 aliphatic rings. The summed E-state index contributed by atoms with van der Waals surface area (Å²) >= 11 is 3.05. The van der Waals surface area contributed by atoms with E-state index in [1.165, 1.54) is 11.3 Å².